The van der Waals surface area contributed by atoms with E-state index in [1.807, 2.05) is 12.3 Å². The molecule has 0 saturated carbocycles. The summed E-state index contributed by atoms with van der Waals surface area (Å²) in [4.78, 5) is 19.9. The van der Waals surface area contributed by atoms with E-state index in [4.69, 9.17) is 0 Å². The second kappa shape index (κ2) is 5.58. The van der Waals surface area contributed by atoms with Crippen molar-refractivity contribution < 1.29 is 9.53 Å². The minimum absolute atomic E-state index is 0.391. The van der Waals surface area contributed by atoms with Crippen molar-refractivity contribution in [2.45, 2.75) is 6.54 Å². The average molecular weight is 283 g/mol. The van der Waals surface area contributed by atoms with Crippen LogP contribution in [0.4, 0.5) is 5.82 Å². The lowest BCUT2D eigenvalue weighted by Crippen LogP contribution is -2.05. The SMILES string of the molecule is COC(=O)c1ccnc(NCc2cnn3cccnc23)c1. The molecule has 7 heteroatoms. The summed E-state index contributed by atoms with van der Waals surface area (Å²) in [6.45, 7) is 0.512. The number of fused-ring (bicyclic) bond motifs is 1. The lowest BCUT2D eigenvalue weighted by molar-refractivity contribution is 0.0600. The molecular weight excluding hydrogens is 270 g/mol. The molecule has 3 aromatic rings. The Morgan fingerprint density at radius 2 is 2.29 bits per heavy atom. The van der Waals surface area contributed by atoms with Gasteiger partial charge >= 0.3 is 5.97 Å². The van der Waals surface area contributed by atoms with Gasteiger partial charge in [0, 0.05) is 30.7 Å². The van der Waals surface area contributed by atoms with Crippen LogP contribution in [0.1, 0.15) is 15.9 Å². The molecule has 0 saturated heterocycles. The summed E-state index contributed by atoms with van der Waals surface area (Å²) in [5.74, 6) is 0.200. The van der Waals surface area contributed by atoms with Crippen LogP contribution in [-0.4, -0.2) is 32.7 Å². The third-order valence-electron chi connectivity index (χ3n) is 2.99. The normalized spacial score (nSPS) is 10.5. The van der Waals surface area contributed by atoms with Gasteiger partial charge in [0.1, 0.15) is 5.82 Å². The Bertz CT molecular complexity index is 784. The molecule has 0 amide bonds. The van der Waals surface area contributed by atoms with Crippen LogP contribution in [0.3, 0.4) is 0 Å². The van der Waals surface area contributed by atoms with Crippen molar-refractivity contribution >= 4 is 17.4 Å². The third kappa shape index (κ3) is 2.66. The van der Waals surface area contributed by atoms with E-state index in [2.05, 4.69) is 25.1 Å². The Kier molecular flexibility index (Phi) is 3.46. The lowest BCUT2D eigenvalue weighted by Gasteiger charge is -2.05. The molecule has 0 bridgehead atoms. The predicted molar refractivity (Wildman–Crippen MR) is 75.9 cm³/mol. The smallest absolute Gasteiger partial charge is 0.338 e. The molecule has 7 nitrogen and oxygen atoms in total. The van der Waals surface area contributed by atoms with Gasteiger partial charge in [-0.3, -0.25) is 0 Å². The second-order valence-corrected chi connectivity index (χ2v) is 4.33. The largest absolute Gasteiger partial charge is 0.465 e. The highest BCUT2D eigenvalue weighted by molar-refractivity contribution is 5.89. The van der Waals surface area contributed by atoms with E-state index in [0.29, 0.717) is 17.9 Å². The van der Waals surface area contributed by atoms with E-state index in [9.17, 15) is 4.79 Å². The number of pyridine rings is 1. The number of rotatable bonds is 4. The van der Waals surface area contributed by atoms with Crippen molar-refractivity contribution in [3.8, 4) is 0 Å². The van der Waals surface area contributed by atoms with Gasteiger partial charge in [-0.25, -0.2) is 19.3 Å². The molecule has 0 unspecified atom stereocenters. The lowest BCUT2D eigenvalue weighted by atomic mass is 10.2. The van der Waals surface area contributed by atoms with Gasteiger partial charge in [-0.05, 0) is 18.2 Å². The fraction of sp³-hybridized carbons (Fsp3) is 0.143. The van der Waals surface area contributed by atoms with Crippen LogP contribution < -0.4 is 5.32 Å². The third-order valence-corrected chi connectivity index (χ3v) is 2.99. The highest BCUT2D eigenvalue weighted by Crippen LogP contribution is 2.12. The maximum absolute atomic E-state index is 11.5. The van der Waals surface area contributed by atoms with Gasteiger partial charge in [0.05, 0.1) is 18.9 Å². The van der Waals surface area contributed by atoms with Crippen molar-refractivity contribution in [1.29, 1.82) is 0 Å². The Balaban J connectivity index is 1.77. The molecule has 0 atom stereocenters. The summed E-state index contributed by atoms with van der Waals surface area (Å²) >= 11 is 0. The number of ether oxygens (including phenoxy) is 1. The summed E-state index contributed by atoms with van der Waals surface area (Å²) < 4.78 is 6.39. The number of nitrogens with zero attached hydrogens (tertiary/aromatic N) is 4. The second-order valence-electron chi connectivity index (χ2n) is 4.33. The highest BCUT2D eigenvalue weighted by atomic mass is 16.5. The fourth-order valence-corrected chi connectivity index (χ4v) is 1.96. The number of esters is 1. The minimum Gasteiger partial charge on any atom is -0.465 e. The Morgan fingerprint density at radius 1 is 1.38 bits per heavy atom. The summed E-state index contributed by atoms with van der Waals surface area (Å²) in [6.07, 6.45) is 6.86. The quantitative estimate of drug-likeness (QED) is 0.731. The number of nitrogens with one attached hydrogen (secondary N) is 1. The summed E-state index contributed by atoms with van der Waals surface area (Å²) in [5.41, 5.74) is 2.18. The van der Waals surface area contributed by atoms with Gasteiger partial charge in [0.2, 0.25) is 0 Å². The van der Waals surface area contributed by atoms with Crippen LogP contribution >= 0.6 is 0 Å². The van der Waals surface area contributed by atoms with Crippen molar-refractivity contribution in [1.82, 2.24) is 19.6 Å². The number of hydrogen-bond acceptors (Lipinski definition) is 6. The van der Waals surface area contributed by atoms with E-state index in [-0.39, 0.29) is 0 Å². The topological polar surface area (TPSA) is 81.4 Å². The van der Waals surface area contributed by atoms with E-state index < -0.39 is 5.97 Å². The molecule has 21 heavy (non-hydrogen) atoms. The van der Waals surface area contributed by atoms with Gasteiger partial charge < -0.3 is 10.1 Å². The van der Waals surface area contributed by atoms with Crippen LogP contribution in [0.2, 0.25) is 0 Å². The molecule has 0 aliphatic heterocycles. The van der Waals surface area contributed by atoms with E-state index in [1.54, 1.807) is 35.2 Å². The summed E-state index contributed by atoms with van der Waals surface area (Å²) in [6, 6.07) is 5.07. The van der Waals surface area contributed by atoms with E-state index >= 15 is 0 Å². The zero-order valence-corrected chi connectivity index (χ0v) is 11.4. The summed E-state index contributed by atoms with van der Waals surface area (Å²) in [7, 11) is 1.35. The van der Waals surface area contributed by atoms with E-state index in [1.165, 1.54) is 7.11 Å². The first kappa shape index (κ1) is 13.0. The standard InChI is InChI=1S/C14H13N5O2/c1-21-14(20)10-3-5-15-12(7-10)17-8-11-9-18-19-6-2-4-16-13(11)19/h2-7,9H,8H2,1H3,(H,15,17). The van der Waals surface area contributed by atoms with Crippen molar-refractivity contribution in [3.63, 3.8) is 0 Å². The summed E-state index contributed by atoms with van der Waals surface area (Å²) in [5, 5.41) is 7.36. The van der Waals surface area contributed by atoms with Crippen LogP contribution in [0.5, 0.6) is 0 Å². The number of carbonyl (C=O) groups is 1. The Morgan fingerprint density at radius 3 is 3.14 bits per heavy atom. The van der Waals surface area contributed by atoms with Gasteiger partial charge in [-0.2, -0.15) is 5.10 Å². The molecule has 106 valence electrons. The van der Waals surface area contributed by atoms with E-state index in [0.717, 1.165) is 11.2 Å². The molecule has 0 aliphatic rings. The van der Waals surface area contributed by atoms with Gasteiger partial charge in [-0.1, -0.05) is 0 Å². The first-order valence-electron chi connectivity index (χ1n) is 6.33. The molecule has 0 spiro atoms. The molecule has 0 aliphatic carbocycles. The van der Waals surface area contributed by atoms with Gasteiger partial charge in [0.15, 0.2) is 5.65 Å². The highest BCUT2D eigenvalue weighted by Gasteiger charge is 2.08. The first-order valence-corrected chi connectivity index (χ1v) is 6.33. The van der Waals surface area contributed by atoms with Crippen LogP contribution in [0.15, 0.2) is 43.0 Å². The number of anilines is 1. The Labute approximate surface area is 120 Å². The zero-order chi connectivity index (χ0) is 14.7. The molecule has 0 aromatic carbocycles. The number of aromatic nitrogens is 4. The maximum atomic E-state index is 11.5. The maximum Gasteiger partial charge on any atom is 0.338 e. The Hall–Kier alpha value is -2.96. The zero-order valence-electron chi connectivity index (χ0n) is 11.4. The number of hydrogen-bond donors (Lipinski definition) is 1. The number of carbonyl (C=O) groups excluding carboxylic acids is 1. The average Bonchev–Trinajstić information content (AvgIpc) is 2.95. The minimum atomic E-state index is -0.391. The first-order chi connectivity index (χ1) is 10.3. The van der Waals surface area contributed by atoms with Crippen molar-refractivity contribution in [2.75, 3.05) is 12.4 Å². The molecular formula is C14H13N5O2. The van der Waals surface area contributed by atoms with Crippen molar-refractivity contribution in [3.05, 3.63) is 54.1 Å². The van der Waals surface area contributed by atoms with Gasteiger partial charge in [0.25, 0.3) is 0 Å². The molecule has 3 aromatic heterocycles. The van der Waals surface area contributed by atoms with Crippen LogP contribution in [-0.2, 0) is 11.3 Å². The number of methoxy groups -OCH3 is 1. The fourth-order valence-electron chi connectivity index (χ4n) is 1.96. The monoisotopic (exact) mass is 283 g/mol. The molecule has 3 heterocycles. The van der Waals surface area contributed by atoms with Gasteiger partial charge in [-0.15, -0.1) is 0 Å². The van der Waals surface area contributed by atoms with Crippen LogP contribution in [0, 0.1) is 0 Å². The molecule has 3 rings (SSSR count). The molecule has 1 N–H and O–H groups in total. The van der Waals surface area contributed by atoms with Crippen molar-refractivity contribution in [2.24, 2.45) is 0 Å². The molecule has 0 radical (unpaired) electrons. The predicted octanol–water partition coefficient (Wildman–Crippen LogP) is 1.52. The molecule has 0 fully saturated rings. The van der Waals surface area contributed by atoms with Crippen LogP contribution in [0.25, 0.3) is 5.65 Å².